The van der Waals surface area contributed by atoms with Crippen LogP contribution < -0.4 is 0 Å². The van der Waals surface area contributed by atoms with Crippen molar-refractivity contribution < 1.29 is 0 Å². The molecule has 0 aliphatic heterocycles. The highest BCUT2D eigenvalue weighted by Gasteiger charge is 2.26. The van der Waals surface area contributed by atoms with Gasteiger partial charge in [0.25, 0.3) is 0 Å². The van der Waals surface area contributed by atoms with Crippen molar-refractivity contribution in [3.8, 4) is 34.4 Å². The zero-order valence-electron chi connectivity index (χ0n) is 36.6. The van der Waals surface area contributed by atoms with Gasteiger partial charge in [0.2, 0.25) is 5.95 Å². The Hall–Kier alpha value is -9.19. The molecule has 0 unspecified atom stereocenters. The van der Waals surface area contributed by atoms with Crippen LogP contribution in [0.4, 0.5) is 0 Å². The third-order valence-electron chi connectivity index (χ3n) is 14.3. The molecule has 0 saturated heterocycles. The number of nitrogens with zero attached hydrogens (tertiary/aromatic N) is 5. The summed E-state index contributed by atoms with van der Waals surface area (Å²) in [5.41, 5.74) is 7.20. The zero-order chi connectivity index (χ0) is 44.5. The highest BCUT2D eigenvalue weighted by molar-refractivity contribution is 6.33. The highest BCUT2D eigenvalue weighted by Crippen LogP contribution is 2.47. The minimum atomic E-state index is 0.557. The summed E-state index contributed by atoms with van der Waals surface area (Å²) in [5.74, 6) is 1.78. The summed E-state index contributed by atoms with van der Waals surface area (Å²) in [7, 11) is 0. The van der Waals surface area contributed by atoms with E-state index in [1.807, 2.05) is 36.4 Å². The summed E-state index contributed by atoms with van der Waals surface area (Å²) < 4.78 is 4.81. The fraction of sp³-hybridized carbons (Fsp3) is 0. The van der Waals surface area contributed by atoms with Crippen LogP contribution in [0.2, 0.25) is 0 Å². The number of rotatable bonds is 4. The number of aromatic nitrogens is 5. The first-order valence-corrected chi connectivity index (χ1v) is 23.2. The molecule has 12 aromatic carbocycles. The molecule has 5 heteroatoms. The van der Waals surface area contributed by atoms with E-state index in [9.17, 15) is 0 Å². The molecule has 15 rings (SSSR count). The van der Waals surface area contributed by atoms with Gasteiger partial charge in [-0.3, -0.25) is 4.57 Å². The molecule has 0 aliphatic rings. The molecule has 0 aliphatic carbocycles. The lowest BCUT2D eigenvalue weighted by atomic mass is 9.93. The van der Waals surface area contributed by atoms with E-state index < -0.39 is 0 Å². The van der Waals surface area contributed by atoms with Crippen LogP contribution in [0.25, 0.3) is 143 Å². The second kappa shape index (κ2) is 14.2. The second-order valence-electron chi connectivity index (χ2n) is 17.9. The number of hydrogen-bond donors (Lipinski definition) is 0. The second-order valence-corrected chi connectivity index (χ2v) is 17.9. The molecule has 0 fully saturated rings. The molecule has 0 bridgehead atoms. The van der Waals surface area contributed by atoms with Crippen molar-refractivity contribution >= 4 is 108 Å². The van der Waals surface area contributed by atoms with Crippen molar-refractivity contribution in [1.82, 2.24) is 24.1 Å². The van der Waals surface area contributed by atoms with E-state index in [0.29, 0.717) is 17.6 Å². The van der Waals surface area contributed by atoms with Crippen molar-refractivity contribution in [3.05, 3.63) is 224 Å². The van der Waals surface area contributed by atoms with Crippen molar-refractivity contribution in [2.24, 2.45) is 0 Å². The Morgan fingerprint density at radius 1 is 0.235 bits per heavy atom. The summed E-state index contributed by atoms with van der Waals surface area (Å²) in [6.45, 7) is 0. The van der Waals surface area contributed by atoms with Gasteiger partial charge < -0.3 is 4.57 Å². The quantitative estimate of drug-likeness (QED) is 0.166. The van der Waals surface area contributed by atoms with Crippen molar-refractivity contribution in [1.29, 1.82) is 0 Å². The molecule has 5 nitrogen and oxygen atoms in total. The van der Waals surface area contributed by atoms with Gasteiger partial charge in [0.05, 0.1) is 22.1 Å². The first-order chi connectivity index (χ1) is 33.7. The average Bonchev–Trinajstić information content (AvgIpc) is 3.92. The predicted octanol–water partition coefficient (Wildman–Crippen LogP) is 16.3. The van der Waals surface area contributed by atoms with Crippen LogP contribution in [0.3, 0.4) is 0 Å². The fourth-order valence-corrected chi connectivity index (χ4v) is 11.3. The maximum atomic E-state index is 5.47. The summed E-state index contributed by atoms with van der Waals surface area (Å²) >= 11 is 0. The van der Waals surface area contributed by atoms with Gasteiger partial charge in [-0.05, 0) is 101 Å². The zero-order valence-corrected chi connectivity index (χ0v) is 36.6. The molecular weight excluding hydrogens is 827 g/mol. The normalized spacial score (nSPS) is 12.1. The Balaban J connectivity index is 1.19. The Kier molecular flexibility index (Phi) is 7.72. The van der Waals surface area contributed by atoms with E-state index >= 15 is 0 Å². The van der Waals surface area contributed by atoms with Crippen LogP contribution in [0, 0.1) is 0 Å². The standard InChI is InChI=1S/C63H37N5/c1-4-18-38(19-5-1)61-64-62(39-20-6-2-7-21-39)66-63(65-61)68-58-37-54-48-31-17-13-27-44(48)42-25-11-15-29-46(42)52(54)35-56(58)50-33-32-49-55-34-51-45-28-14-10-24-41(45)43-26-12-16-30-47(43)53(51)36-57(55)67(59(49)60(50)68)40-22-8-3-9-23-40/h1-37H. The van der Waals surface area contributed by atoms with Gasteiger partial charge in [-0.1, -0.05) is 188 Å². The molecule has 3 aromatic heterocycles. The van der Waals surface area contributed by atoms with E-state index in [4.69, 9.17) is 15.0 Å². The van der Waals surface area contributed by atoms with Crippen LogP contribution in [0.5, 0.6) is 0 Å². The van der Waals surface area contributed by atoms with Gasteiger partial charge in [0.15, 0.2) is 11.6 Å². The Labute approximate surface area is 389 Å². The minimum absolute atomic E-state index is 0.557. The maximum absolute atomic E-state index is 5.47. The van der Waals surface area contributed by atoms with Crippen LogP contribution in [0.1, 0.15) is 0 Å². The lowest BCUT2D eigenvalue weighted by Gasteiger charge is -2.14. The molecule has 314 valence electrons. The van der Waals surface area contributed by atoms with Crippen LogP contribution >= 0.6 is 0 Å². The number of benzene rings is 12. The lowest BCUT2D eigenvalue weighted by Crippen LogP contribution is -2.07. The Morgan fingerprint density at radius 3 is 0.971 bits per heavy atom. The summed E-state index contributed by atoms with van der Waals surface area (Å²) in [6, 6.07) is 81.1. The molecule has 0 amide bonds. The van der Waals surface area contributed by atoms with Gasteiger partial charge in [0, 0.05) is 38.4 Å². The van der Waals surface area contributed by atoms with E-state index in [1.165, 1.54) is 70.0 Å². The summed E-state index contributed by atoms with van der Waals surface area (Å²) in [6.07, 6.45) is 0. The summed E-state index contributed by atoms with van der Waals surface area (Å²) in [4.78, 5) is 16.1. The molecule has 0 N–H and O–H groups in total. The number of fused-ring (bicyclic) bond motifs is 19. The fourth-order valence-electron chi connectivity index (χ4n) is 11.3. The molecule has 0 spiro atoms. The molecule has 0 radical (unpaired) electrons. The monoisotopic (exact) mass is 863 g/mol. The number of para-hydroxylation sites is 1. The van der Waals surface area contributed by atoms with Crippen LogP contribution in [-0.4, -0.2) is 24.1 Å². The first kappa shape index (κ1) is 37.1. The molecule has 3 heterocycles. The van der Waals surface area contributed by atoms with Gasteiger partial charge in [-0.15, -0.1) is 0 Å². The topological polar surface area (TPSA) is 48.5 Å². The largest absolute Gasteiger partial charge is 0.307 e. The van der Waals surface area contributed by atoms with Gasteiger partial charge in [-0.2, -0.15) is 9.97 Å². The van der Waals surface area contributed by atoms with Crippen molar-refractivity contribution in [2.75, 3.05) is 0 Å². The van der Waals surface area contributed by atoms with Crippen LogP contribution in [-0.2, 0) is 0 Å². The SMILES string of the molecule is c1ccc(-c2nc(-c3ccccc3)nc(-n3c4cc5c6ccccc6c6ccccc6c5cc4c4ccc5c6cc7c8ccccc8c8ccccc8c7cc6n(-c6ccccc6)c5c43)n2)cc1. The third-order valence-corrected chi connectivity index (χ3v) is 14.3. The summed E-state index contributed by atoms with van der Waals surface area (Å²) in [5, 5.41) is 19.4. The van der Waals surface area contributed by atoms with Crippen molar-refractivity contribution in [3.63, 3.8) is 0 Å². The smallest absolute Gasteiger partial charge is 0.238 e. The van der Waals surface area contributed by atoms with Gasteiger partial charge >= 0.3 is 0 Å². The first-order valence-electron chi connectivity index (χ1n) is 23.2. The minimum Gasteiger partial charge on any atom is -0.307 e. The van der Waals surface area contributed by atoms with Gasteiger partial charge in [-0.25, -0.2) is 4.98 Å². The Bertz CT molecular complexity index is 4530. The molecule has 68 heavy (non-hydrogen) atoms. The predicted molar refractivity (Wildman–Crippen MR) is 284 cm³/mol. The third kappa shape index (κ3) is 5.24. The molecule has 0 atom stereocenters. The lowest BCUT2D eigenvalue weighted by molar-refractivity contribution is 0.954. The Morgan fingerprint density at radius 2 is 0.559 bits per heavy atom. The van der Waals surface area contributed by atoms with E-state index in [0.717, 1.165) is 55.0 Å². The molecular formula is C63H37N5. The number of hydrogen-bond acceptors (Lipinski definition) is 3. The van der Waals surface area contributed by atoms with E-state index in [-0.39, 0.29) is 0 Å². The van der Waals surface area contributed by atoms with E-state index in [2.05, 4.69) is 197 Å². The van der Waals surface area contributed by atoms with Crippen LogP contribution in [0.15, 0.2) is 224 Å². The highest BCUT2D eigenvalue weighted by atomic mass is 15.2. The molecule has 15 aromatic rings. The van der Waals surface area contributed by atoms with Gasteiger partial charge in [0.1, 0.15) is 0 Å². The molecule has 0 saturated carbocycles. The maximum Gasteiger partial charge on any atom is 0.238 e. The average molecular weight is 864 g/mol. The van der Waals surface area contributed by atoms with Crippen molar-refractivity contribution in [2.45, 2.75) is 0 Å². The van der Waals surface area contributed by atoms with E-state index in [1.54, 1.807) is 0 Å².